The van der Waals surface area contributed by atoms with Gasteiger partial charge in [0.25, 0.3) is 0 Å². The second-order valence-electron chi connectivity index (χ2n) is 7.10. The molecule has 0 atom stereocenters. The Bertz CT molecular complexity index is 922. The number of rotatable bonds is 2. The summed E-state index contributed by atoms with van der Waals surface area (Å²) in [4.78, 5) is 11.5. The van der Waals surface area contributed by atoms with E-state index in [4.69, 9.17) is 17.3 Å². The molecular weight excluding hydrogens is 336 g/mol. The van der Waals surface area contributed by atoms with Crippen molar-refractivity contribution in [2.45, 2.75) is 32.2 Å². The van der Waals surface area contributed by atoms with Gasteiger partial charge in [0.1, 0.15) is 11.3 Å². The number of hydrogen-bond acceptors (Lipinski definition) is 5. The molecule has 0 saturated carbocycles. The average molecular weight is 357 g/mol. The molecule has 6 nitrogen and oxygen atoms in total. The lowest BCUT2D eigenvalue weighted by molar-refractivity contribution is 0.363. The molecule has 3 N–H and O–H groups in total. The van der Waals surface area contributed by atoms with Crippen molar-refractivity contribution in [3.05, 3.63) is 35.0 Å². The normalized spacial score (nSPS) is 17.2. The molecule has 2 aromatic heterocycles. The van der Waals surface area contributed by atoms with Crippen molar-refractivity contribution in [1.29, 1.82) is 0 Å². The lowest BCUT2D eigenvalue weighted by atomic mass is 9.91. The maximum atomic E-state index is 6.21. The van der Waals surface area contributed by atoms with Crippen molar-refractivity contribution in [3.8, 4) is 11.3 Å². The summed E-state index contributed by atoms with van der Waals surface area (Å²) in [6.07, 6.45) is 3.72. The van der Waals surface area contributed by atoms with Crippen LogP contribution in [0.15, 0.2) is 24.4 Å². The summed E-state index contributed by atoms with van der Waals surface area (Å²) < 4.78 is 0. The lowest BCUT2D eigenvalue weighted by Crippen LogP contribution is -2.48. The number of nitrogens with zero attached hydrogens (tertiary/aromatic N) is 4. The van der Waals surface area contributed by atoms with Crippen LogP contribution in [0.3, 0.4) is 0 Å². The zero-order valence-electron chi connectivity index (χ0n) is 14.4. The average Bonchev–Trinajstić information content (AvgIpc) is 3.00. The maximum Gasteiger partial charge on any atom is 0.202 e. The molecule has 4 rings (SSSR count). The van der Waals surface area contributed by atoms with Gasteiger partial charge in [-0.25, -0.2) is 9.97 Å². The minimum Gasteiger partial charge on any atom is -0.355 e. The first-order valence-electron chi connectivity index (χ1n) is 8.44. The van der Waals surface area contributed by atoms with E-state index in [1.165, 1.54) is 0 Å². The van der Waals surface area contributed by atoms with Crippen LogP contribution in [0, 0.1) is 6.92 Å². The number of anilines is 1. The van der Waals surface area contributed by atoms with Crippen molar-refractivity contribution in [1.82, 2.24) is 20.2 Å². The van der Waals surface area contributed by atoms with Gasteiger partial charge in [0.2, 0.25) is 5.65 Å². The second-order valence-corrected chi connectivity index (χ2v) is 7.51. The van der Waals surface area contributed by atoms with Gasteiger partial charge < -0.3 is 10.6 Å². The molecule has 3 aromatic rings. The Balaban J connectivity index is 1.66. The van der Waals surface area contributed by atoms with Crippen molar-refractivity contribution in [2.75, 3.05) is 18.0 Å². The Morgan fingerprint density at radius 1 is 1.28 bits per heavy atom. The molecule has 1 fully saturated rings. The molecule has 7 heteroatoms. The van der Waals surface area contributed by atoms with Gasteiger partial charge in [-0.05, 0) is 44.4 Å². The van der Waals surface area contributed by atoms with E-state index >= 15 is 0 Å². The largest absolute Gasteiger partial charge is 0.355 e. The van der Waals surface area contributed by atoms with Gasteiger partial charge in [0.15, 0.2) is 0 Å². The van der Waals surface area contributed by atoms with Crippen molar-refractivity contribution in [3.63, 3.8) is 0 Å². The van der Waals surface area contributed by atoms with Gasteiger partial charge in [0.05, 0.1) is 11.9 Å². The molecule has 0 radical (unpaired) electrons. The minimum atomic E-state index is -0.0834. The van der Waals surface area contributed by atoms with Gasteiger partial charge in [-0.15, -0.1) is 0 Å². The molecule has 130 valence electrons. The van der Waals surface area contributed by atoms with Crippen molar-refractivity contribution < 1.29 is 0 Å². The fraction of sp³-hybridized carbons (Fsp3) is 0.389. The molecule has 0 bridgehead atoms. The quantitative estimate of drug-likeness (QED) is 0.736. The monoisotopic (exact) mass is 356 g/mol. The predicted molar refractivity (Wildman–Crippen MR) is 101 cm³/mol. The van der Waals surface area contributed by atoms with E-state index in [0.29, 0.717) is 5.65 Å². The van der Waals surface area contributed by atoms with Crippen LogP contribution in [0.5, 0.6) is 0 Å². The number of H-pyrrole nitrogens is 1. The van der Waals surface area contributed by atoms with Crippen LogP contribution >= 0.6 is 11.6 Å². The molecule has 0 amide bonds. The molecule has 1 aliphatic heterocycles. The van der Waals surface area contributed by atoms with E-state index in [0.717, 1.165) is 59.1 Å². The van der Waals surface area contributed by atoms with E-state index in [1.807, 2.05) is 31.3 Å². The smallest absolute Gasteiger partial charge is 0.202 e. The first kappa shape index (κ1) is 16.3. The number of benzene rings is 1. The maximum absolute atomic E-state index is 6.21. The van der Waals surface area contributed by atoms with Crippen molar-refractivity contribution in [2.24, 2.45) is 5.73 Å². The number of aromatic nitrogens is 4. The second kappa shape index (κ2) is 5.97. The first-order valence-corrected chi connectivity index (χ1v) is 8.82. The van der Waals surface area contributed by atoms with E-state index in [-0.39, 0.29) is 5.54 Å². The zero-order valence-corrected chi connectivity index (χ0v) is 15.1. The van der Waals surface area contributed by atoms with E-state index in [1.54, 1.807) is 0 Å². The molecule has 0 spiro atoms. The van der Waals surface area contributed by atoms with Crippen LogP contribution in [-0.4, -0.2) is 38.8 Å². The number of nitrogens with two attached hydrogens (primary N) is 1. The van der Waals surface area contributed by atoms with Gasteiger partial charge in [-0.2, -0.15) is 5.10 Å². The summed E-state index contributed by atoms with van der Waals surface area (Å²) in [5.41, 5.74) is 10.4. The lowest BCUT2D eigenvalue weighted by Gasteiger charge is -2.37. The number of piperidine rings is 1. The number of aryl methyl sites for hydroxylation is 1. The first-order chi connectivity index (χ1) is 11.9. The number of nitrogens with one attached hydrogen (secondary N) is 1. The molecule has 3 heterocycles. The Kier molecular flexibility index (Phi) is 3.89. The summed E-state index contributed by atoms with van der Waals surface area (Å²) in [5.74, 6) is 0.855. The van der Waals surface area contributed by atoms with E-state index < -0.39 is 0 Å². The van der Waals surface area contributed by atoms with Crippen LogP contribution in [0.4, 0.5) is 5.82 Å². The molecule has 0 unspecified atom stereocenters. The van der Waals surface area contributed by atoms with E-state index in [2.05, 4.69) is 32.0 Å². The van der Waals surface area contributed by atoms with Gasteiger partial charge in [-0.1, -0.05) is 17.7 Å². The minimum absolute atomic E-state index is 0.0834. The molecule has 25 heavy (non-hydrogen) atoms. The van der Waals surface area contributed by atoms with E-state index in [9.17, 15) is 0 Å². The summed E-state index contributed by atoms with van der Waals surface area (Å²) in [5, 5.41) is 8.16. The zero-order chi connectivity index (χ0) is 17.6. The molecular formula is C18H21ClN6. The topological polar surface area (TPSA) is 83.7 Å². The highest BCUT2D eigenvalue weighted by molar-refractivity contribution is 6.31. The van der Waals surface area contributed by atoms with Crippen LogP contribution in [-0.2, 0) is 0 Å². The highest BCUT2D eigenvalue weighted by atomic mass is 35.5. The fourth-order valence-corrected chi connectivity index (χ4v) is 3.30. The van der Waals surface area contributed by atoms with Crippen molar-refractivity contribution >= 4 is 28.6 Å². The Morgan fingerprint density at radius 3 is 2.76 bits per heavy atom. The third kappa shape index (κ3) is 3.07. The summed E-state index contributed by atoms with van der Waals surface area (Å²) in [6, 6.07) is 5.88. The summed E-state index contributed by atoms with van der Waals surface area (Å²) >= 11 is 6.12. The van der Waals surface area contributed by atoms with Crippen LogP contribution in [0.25, 0.3) is 22.4 Å². The van der Waals surface area contributed by atoms with Crippen LogP contribution in [0.2, 0.25) is 5.02 Å². The van der Waals surface area contributed by atoms with Gasteiger partial charge in [0, 0.05) is 29.2 Å². The van der Waals surface area contributed by atoms with Gasteiger partial charge >= 0.3 is 0 Å². The highest BCUT2D eigenvalue weighted by Crippen LogP contribution is 2.29. The Morgan fingerprint density at radius 2 is 2.04 bits per heavy atom. The number of aromatic amines is 1. The molecule has 1 saturated heterocycles. The predicted octanol–water partition coefficient (Wildman–Crippen LogP) is 3.30. The SMILES string of the molecule is Cc1cc(-c2[nH]nc3nc(N4CCC(C)(N)CC4)cnc23)ccc1Cl. The van der Waals surface area contributed by atoms with Crippen LogP contribution < -0.4 is 10.6 Å². The number of fused-ring (bicyclic) bond motifs is 1. The number of halogens is 1. The van der Waals surface area contributed by atoms with Gasteiger partial charge in [-0.3, -0.25) is 5.10 Å². The highest BCUT2D eigenvalue weighted by Gasteiger charge is 2.27. The van der Waals surface area contributed by atoms with Crippen LogP contribution in [0.1, 0.15) is 25.3 Å². The Labute approximate surface area is 151 Å². The Hall–Kier alpha value is -2.18. The standard InChI is InChI=1S/C18H21ClN6/c1-11-9-12(3-4-13(11)19)15-16-17(24-23-15)22-14(10-21-16)25-7-5-18(2,20)6-8-25/h3-4,9-10H,5-8,20H2,1-2H3,(H,22,23,24). The molecule has 0 aliphatic carbocycles. The fourth-order valence-electron chi connectivity index (χ4n) is 3.19. The third-order valence-corrected chi connectivity index (χ3v) is 5.35. The molecule has 1 aliphatic rings. The third-order valence-electron chi connectivity index (χ3n) is 4.93. The summed E-state index contributed by atoms with van der Waals surface area (Å²) in [7, 11) is 0. The summed E-state index contributed by atoms with van der Waals surface area (Å²) in [6.45, 7) is 5.87. The number of hydrogen-bond donors (Lipinski definition) is 2. The molecule has 1 aromatic carbocycles.